The fraction of sp³-hybridized carbons (Fsp3) is 0.545. The van der Waals surface area contributed by atoms with E-state index < -0.39 is 0 Å². The Balaban J connectivity index is 1.77. The maximum atomic E-state index is 11.5. The van der Waals surface area contributed by atoms with Gasteiger partial charge in [0.1, 0.15) is 5.82 Å². The van der Waals surface area contributed by atoms with Crippen molar-refractivity contribution in [1.29, 1.82) is 0 Å². The minimum Gasteiger partial charge on any atom is -0.368 e. The Morgan fingerprint density at radius 2 is 2.26 bits per heavy atom. The topological polar surface area (TPSA) is 97.1 Å². The Kier molecular flexibility index (Phi) is 4.22. The zero-order valence-electron chi connectivity index (χ0n) is 11.0. The molecule has 0 saturated heterocycles. The largest absolute Gasteiger partial charge is 0.368 e. The number of rotatable bonds is 6. The van der Waals surface area contributed by atoms with Crippen LogP contribution in [-0.2, 0) is 4.79 Å². The third-order valence-corrected chi connectivity index (χ3v) is 2.44. The molecular weight excluding hydrogens is 246 g/mol. The first-order chi connectivity index (χ1) is 9.15. The molecule has 8 heteroatoms. The quantitative estimate of drug-likeness (QED) is 0.767. The van der Waals surface area contributed by atoms with E-state index in [0.29, 0.717) is 36.9 Å². The number of fused-ring (bicyclic) bond motifs is 1. The van der Waals surface area contributed by atoms with E-state index in [0.717, 1.165) is 0 Å². The predicted molar refractivity (Wildman–Crippen MR) is 69.5 cm³/mol. The Hall–Kier alpha value is -2.25. The second kappa shape index (κ2) is 6.07. The van der Waals surface area contributed by atoms with Gasteiger partial charge in [-0.2, -0.15) is 0 Å². The number of hydrogen-bond acceptors (Lipinski definition) is 6. The number of nitrogens with one attached hydrogen (secondary N) is 2. The minimum absolute atomic E-state index is 0.0321. The molecule has 0 aliphatic carbocycles. The molecule has 0 unspecified atom stereocenters. The SMILES string of the molecule is CC(C)CNC(=O)CCNc1ccc2nnnn2n1. The molecule has 2 N–H and O–H groups in total. The lowest BCUT2D eigenvalue weighted by atomic mass is 10.2. The summed E-state index contributed by atoms with van der Waals surface area (Å²) in [5.74, 6) is 1.13. The van der Waals surface area contributed by atoms with Crippen molar-refractivity contribution in [3.8, 4) is 0 Å². The van der Waals surface area contributed by atoms with Crippen LogP contribution in [0.3, 0.4) is 0 Å². The van der Waals surface area contributed by atoms with Crippen LogP contribution < -0.4 is 10.6 Å². The lowest BCUT2D eigenvalue weighted by Gasteiger charge is -2.08. The number of amides is 1. The molecule has 2 aromatic heterocycles. The number of tetrazole rings is 1. The number of anilines is 1. The normalized spacial score (nSPS) is 10.9. The van der Waals surface area contributed by atoms with E-state index in [-0.39, 0.29) is 5.91 Å². The standard InChI is InChI=1S/C11H17N7O/c1-8(2)7-13-11(19)5-6-12-9-3-4-10-14-16-17-18(10)15-9/h3-4,8H,5-7H2,1-2H3,(H,12,15)(H,13,19). The van der Waals surface area contributed by atoms with Crippen molar-refractivity contribution in [3.05, 3.63) is 12.1 Å². The van der Waals surface area contributed by atoms with Gasteiger partial charge in [-0.25, -0.2) is 0 Å². The summed E-state index contributed by atoms with van der Waals surface area (Å²) in [7, 11) is 0. The molecule has 0 fully saturated rings. The van der Waals surface area contributed by atoms with Crippen LogP contribution in [0.4, 0.5) is 5.82 Å². The molecule has 0 bridgehead atoms. The van der Waals surface area contributed by atoms with Gasteiger partial charge in [0.15, 0.2) is 5.65 Å². The van der Waals surface area contributed by atoms with Gasteiger partial charge in [-0.3, -0.25) is 4.79 Å². The second-order valence-corrected chi connectivity index (χ2v) is 4.62. The zero-order chi connectivity index (χ0) is 13.7. The van der Waals surface area contributed by atoms with Crippen LogP contribution in [-0.4, -0.2) is 44.3 Å². The van der Waals surface area contributed by atoms with E-state index in [1.54, 1.807) is 12.1 Å². The van der Waals surface area contributed by atoms with Gasteiger partial charge >= 0.3 is 0 Å². The van der Waals surface area contributed by atoms with E-state index in [1.807, 2.05) is 0 Å². The monoisotopic (exact) mass is 263 g/mol. The Labute approximate surface area is 110 Å². The van der Waals surface area contributed by atoms with E-state index in [9.17, 15) is 4.79 Å². The summed E-state index contributed by atoms with van der Waals surface area (Å²) >= 11 is 0. The fourth-order valence-electron chi connectivity index (χ4n) is 1.45. The number of aromatic nitrogens is 5. The van der Waals surface area contributed by atoms with Crippen LogP contribution in [0.25, 0.3) is 5.65 Å². The molecule has 0 spiro atoms. The molecule has 102 valence electrons. The molecule has 19 heavy (non-hydrogen) atoms. The minimum atomic E-state index is 0.0321. The van der Waals surface area contributed by atoms with Crippen molar-refractivity contribution in [2.24, 2.45) is 5.92 Å². The summed E-state index contributed by atoms with van der Waals surface area (Å²) in [5, 5.41) is 21.0. The van der Waals surface area contributed by atoms with E-state index in [2.05, 4.69) is 45.1 Å². The maximum Gasteiger partial charge on any atom is 0.221 e. The Bertz CT molecular complexity index is 551. The van der Waals surface area contributed by atoms with Gasteiger partial charge in [0.2, 0.25) is 5.91 Å². The van der Waals surface area contributed by atoms with Gasteiger partial charge in [-0.05, 0) is 28.5 Å². The highest BCUT2D eigenvalue weighted by Gasteiger charge is 2.03. The molecule has 0 atom stereocenters. The summed E-state index contributed by atoms with van der Waals surface area (Å²) in [4.78, 5) is 11.5. The van der Waals surface area contributed by atoms with Crippen molar-refractivity contribution >= 4 is 17.4 Å². The highest BCUT2D eigenvalue weighted by molar-refractivity contribution is 5.76. The van der Waals surface area contributed by atoms with Gasteiger partial charge in [-0.1, -0.05) is 13.8 Å². The van der Waals surface area contributed by atoms with Gasteiger partial charge < -0.3 is 10.6 Å². The summed E-state index contributed by atoms with van der Waals surface area (Å²) < 4.78 is 1.33. The molecule has 0 saturated carbocycles. The van der Waals surface area contributed by atoms with Crippen molar-refractivity contribution in [2.75, 3.05) is 18.4 Å². The predicted octanol–water partition coefficient (Wildman–Crippen LogP) is 0.0935. The number of hydrogen-bond donors (Lipinski definition) is 2. The van der Waals surface area contributed by atoms with Crippen LogP contribution in [0.1, 0.15) is 20.3 Å². The van der Waals surface area contributed by atoms with E-state index in [4.69, 9.17) is 0 Å². The maximum absolute atomic E-state index is 11.5. The average Bonchev–Trinajstić information content (AvgIpc) is 2.83. The van der Waals surface area contributed by atoms with Crippen LogP contribution in [0.15, 0.2) is 12.1 Å². The summed E-state index contributed by atoms with van der Waals surface area (Å²) in [6.07, 6.45) is 0.405. The molecular formula is C11H17N7O. The molecule has 0 radical (unpaired) electrons. The smallest absolute Gasteiger partial charge is 0.221 e. The van der Waals surface area contributed by atoms with Gasteiger partial charge in [0.25, 0.3) is 0 Å². The first kappa shape index (κ1) is 13.2. The summed E-state index contributed by atoms with van der Waals surface area (Å²) in [6.45, 7) is 5.34. The Morgan fingerprint density at radius 1 is 1.42 bits per heavy atom. The van der Waals surface area contributed by atoms with E-state index >= 15 is 0 Å². The number of nitrogens with zero attached hydrogens (tertiary/aromatic N) is 5. The Morgan fingerprint density at radius 3 is 3.05 bits per heavy atom. The second-order valence-electron chi connectivity index (χ2n) is 4.62. The highest BCUT2D eigenvalue weighted by Crippen LogP contribution is 2.02. The molecule has 2 heterocycles. The summed E-state index contributed by atoms with van der Waals surface area (Å²) in [5.41, 5.74) is 0.584. The van der Waals surface area contributed by atoms with Gasteiger partial charge in [-0.15, -0.1) is 14.8 Å². The third-order valence-electron chi connectivity index (χ3n) is 2.44. The molecule has 1 amide bonds. The fourth-order valence-corrected chi connectivity index (χ4v) is 1.45. The van der Waals surface area contributed by atoms with Crippen molar-refractivity contribution in [3.63, 3.8) is 0 Å². The number of carbonyl (C=O) groups excluding carboxylic acids is 1. The van der Waals surface area contributed by atoms with Crippen LogP contribution in [0.5, 0.6) is 0 Å². The zero-order valence-corrected chi connectivity index (χ0v) is 11.0. The van der Waals surface area contributed by atoms with Gasteiger partial charge in [0.05, 0.1) is 0 Å². The molecule has 0 aromatic carbocycles. The summed E-state index contributed by atoms with van der Waals surface area (Å²) in [6, 6.07) is 3.53. The third kappa shape index (κ3) is 3.87. The molecule has 0 aliphatic heterocycles. The van der Waals surface area contributed by atoms with Gasteiger partial charge in [0, 0.05) is 19.5 Å². The lowest BCUT2D eigenvalue weighted by Crippen LogP contribution is -2.28. The van der Waals surface area contributed by atoms with E-state index in [1.165, 1.54) is 4.63 Å². The van der Waals surface area contributed by atoms with Crippen molar-refractivity contribution < 1.29 is 4.79 Å². The van der Waals surface area contributed by atoms with Crippen molar-refractivity contribution in [1.82, 2.24) is 30.6 Å². The first-order valence-electron chi connectivity index (χ1n) is 6.21. The average molecular weight is 263 g/mol. The molecule has 2 aromatic rings. The molecule has 2 rings (SSSR count). The molecule has 0 aliphatic rings. The lowest BCUT2D eigenvalue weighted by molar-refractivity contribution is -0.120. The first-order valence-corrected chi connectivity index (χ1v) is 6.21. The van der Waals surface area contributed by atoms with Crippen LogP contribution >= 0.6 is 0 Å². The molecule has 8 nitrogen and oxygen atoms in total. The van der Waals surface area contributed by atoms with Crippen molar-refractivity contribution in [2.45, 2.75) is 20.3 Å². The number of carbonyl (C=O) groups is 1. The van der Waals surface area contributed by atoms with Crippen LogP contribution in [0.2, 0.25) is 0 Å². The van der Waals surface area contributed by atoms with Crippen LogP contribution in [0, 0.1) is 5.92 Å². The highest BCUT2D eigenvalue weighted by atomic mass is 16.1.